The quantitative estimate of drug-likeness (QED) is 0.750. The minimum absolute atomic E-state index is 0.180. The Bertz CT molecular complexity index is 374. The molecule has 2 N–H and O–H groups in total. The molecule has 0 aromatic carbocycles. The molecule has 1 aliphatic rings. The Morgan fingerprint density at radius 2 is 2.29 bits per heavy atom. The Labute approximate surface area is 81.2 Å². The lowest BCUT2D eigenvalue weighted by Crippen LogP contribution is -2.11. The van der Waals surface area contributed by atoms with Crippen LogP contribution in [0.3, 0.4) is 0 Å². The summed E-state index contributed by atoms with van der Waals surface area (Å²) >= 11 is 0. The molecule has 0 unspecified atom stereocenters. The molecule has 1 aromatic rings. The van der Waals surface area contributed by atoms with Crippen molar-refractivity contribution in [3.8, 4) is 0 Å². The third-order valence-electron chi connectivity index (χ3n) is 2.09. The second-order valence-electron chi connectivity index (χ2n) is 3.46. The number of nitrogens with zero attached hydrogens (tertiary/aromatic N) is 2. The van der Waals surface area contributed by atoms with Gasteiger partial charge in [0.05, 0.1) is 0 Å². The minimum atomic E-state index is -1.13. The molecule has 0 bridgehead atoms. The van der Waals surface area contributed by atoms with E-state index in [1.54, 1.807) is 0 Å². The molecule has 14 heavy (non-hydrogen) atoms. The molecule has 0 aliphatic heterocycles. The van der Waals surface area contributed by atoms with Crippen LogP contribution in [0, 0.1) is 6.92 Å². The summed E-state index contributed by atoms with van der Waals surface area (Å²) in [7, 11) is 0. The average molecular weight is 193 g/mol. The first-order chi connectivity index (χ1) is 6.65. The lowest BCUT2D eigenvalue weighted by atomic mass is 10.2. The number of aromatic nitrogens is 2. The fraction of sp³-hybridized carbons (Fsp3) is 0.444. The number of nitrogens with one attached hydrogen (secondary N) is 1. The summed E-state index contributed by atoms with van der Waals surface area (Å²) in [5.41, 5.74) is 1.74. The van der Waals surface area contributed by atoms with Gasteiger partial charge < -0.3 is 5.11 Å². The minimum Gasteiger partial charge on any atom is -0.465 e. The van der Waals surface area contributed by atoms with Crippen LogP contribution in [0.4, 0.5) is 10.7 Å². The third-order valence-corrected chi connectivity index (χ3v) is 2.09. The van der Waals surface area contributed by atoms with E-state index in [0.29, 0.717) is 5.92 Å². The molecule has 0 saturated heterocycles. The smallest absolute Gasteiger partial charge is 0.411 e. The van der Waals surface area contributed by atoms with E-state index in [0.717, 1.165) is 24.2 Å². The lowest BCUT2D eigenvalue weighted by Gasteiger charge is -2.03. The summed E-state index contributed by atoms with van der Waals surface area (Å²) in [6.45, 7) is 1.83. The topological polar surface area (TPSA) is 75.1 Å². The zero-order valence-corrected chi connectivity index (χ0v) is 7.82. The van der Waals surface area contributed by atoms with Gasteiger partial charge in [-0.15, -0.1) is 0 Å². The molecule has 1 heterocycles. The van der Waals surface area contributed by atoms with Crippen LogP contribution in [0.25, 0.3) is 0 Å². The monoisotopic (exact) mass is 193 g/mol. The molecular weight excluding hydrogens is 182 g/mol. The van der Waals surface area contributed by atoms with Crippen molar-refractivity contribution in [1.82, 2.24) is 9.97 Å². The van der Waals surface area contributed by atoms with E-state index in [1.165, 1.54) is 0 Å². The van der Waals surface area contributed by atoms with Gasteiger partial charge in [0.2, 0.25) is 5.95 Å². The Morgan fingerprint density at radius 3 is 2.86 bits per heavy atom. The molecule has 1 saturated carbocycles. The van der Waals surface area contributed by atoms with Crippen LogP contribution in [0.5, 0.6) is 0 Å². The Balaban J connectivity index is 2.26. The predicted molar refractivity (Wildman–Crippen MR) is 50.4 cm³/mol. The van der Waals surface area contributed by atoms with Gasteiger partial charge in [0.1, 0.15) is 0 Å². The van der Waals surface area contributed by atoms with E-state index in [4.69, 9.17) is 5.11 Å². The first-order valence-electron chi connectivity index (χ1n) is 4.50. The van der Waals surface area contributed by atoms with Gasteiger partial charge in [-0.3, -0.25) is 5.32 Å². The third kappa shape index (κ3) is 1.99. The van der Waals surface area contributed by atoms with Crippen LogP contribution < -0.4 is 5.32 Å². The van der Waals surface area contributed by atoms with Crippen molar-refractivity contribution in [2.24, 2.45) is 0 Å². The van der Waals surface area contributed by atoms with Gasteiger partial charge in [-0.05, 0) is 25.8 Å². The maximum Gasteiger partial charge on any atom is 0.411 e. The summed E-state index contributed by atoms with van der Waals surface area (Å²) < 4.78 is 0. The van der Waals surface area contributed by atoms with Crippen LogP contribution in [0.1, 0.15) is 30.1 Å². The van der Waals surface area contributed by atoms with Crippen molar-refractivity contribution < 1.29 is 9.90 Å². The molecule has 5 heteroatoms. The molecule has 1 aromatic heterocycles. The highest BCUT2D eigenvalue weighted by molar-refractivity contribution is 5.80. The van der Waals surface area contributed by atoms with E-state index < -0.39 is 6.09 Å². The van der Waals surface area contributed by atoms with E-state index in [9.17, 15) is 4.79 Å². The first-order valence-corrected chi connectivity index (χ1v) is 4.50. The number of carboxylic acid groups (broad SMARTS) is 1. The van der Waals surface area contributed by atoms with Gasteiger partial charge in [0.25, 0.3) is 0 Å². The normalized spacial score (nSPS) is 15.2. The molecule has 5 nitrogen and oxygen atoms in total. The van der Waals surface area contributed by atoms with Gasteiger partial charge >= 0.3 is 6.09 Å². The second kappa shape index (κ2) is 3.25. The standard InChI is InChI=1S/C9H11N3O2/c1-5-4-7(6-2-3-6)11-8(10-5)12-9(13)14/h4,6H,2-3H2,1H3,(H,13,14)(H,10,11,12). The number of carbonyl (C=O) groups is 1. The number of anilines is 1. The zero-order valence-electron chi connectivity index (χ0n) is 7.82. The van der Waals surface area contributed by atoms with Crippen LogP contribution in [0.2, 0.25) is 0 Å². The molecular formula is C9H11N3O2. The number of hydrogen-bond donors (Lipinski definition) is 2. The Morgan fingerprint density at radius 1 is 1.57 bits per heavy atom. The number of hydrogen-bond acceptors (Lipinski definition) is 3. The highest BCUT2D eigenvalue weighted by Crippen LogP contribution is 2.39. The van der Waals surface area contributed by atoms with Crippen molar-refractivity contribution in [2.45, 2.75) is 25.7 Å². The zero-order chi connectivity index (χ0) is 10.1. The molecule has 2 rings (SSSR count). The highest BCUT2D eigenvalue weighted by Gasteiger charge is 2.25. The highest BCUT2D eigenvalue weighted by atomic mass is 16.4. The number of amides is 1. The van der Waals surface area contributed by atoms with Crippen molar-refractivity contribution in [1.29, 1.82) is 0 Å². The van der Waals surface area contributed by atoms with Gasteiger partial charge in [0.15, 0.2) is 0 Å². The molecule has 0 atom stereocenters. The lowest BCUT2D eigenvalue weighted by molar-refractivity contribution is 0.209. The van der Waals surface area contributed by atoms with Crippen LogP contribution in [-0.2, 0) is 0 Å². The van der Waals surface area contributed by atoms with Crippen LogP contribution in [-0.4, -0.2) is 21.2 Å². The first kappa shape index (κ1) is 8.93. The fourth-order valence-corrected chi connectivity index (χ4v) is 1.33. The summed E-state index contributed by atoms with van der Waals surface area (Å²) in [5, 5.41) is 10.7. The SMILES string of the molecule is Cc1cc(C2CC2)nc(NC(=O)O)n1. The fourth-order valence-electron chi connectivity index (χ4n) is 1.33. The van der Waals surface area contributed by atoms with Crippen molar-refractivity contribution >= 4 is 12.0 Å². The van der Waals surface area contributed by atoms with Crippen molar-refractivity contribution in [3.05, 3.63) is 17.5 Å². The second-order valence-corrected chi connectivity index (χ2v) is 3.46. The maximum absolute atomic E-state index is 10.4. The summed E-state index contributed by atoms with van der Waals surface area (Å²) in [4.78, 5) is 18.5. The molecule has 0 radical (unpaired) electrons. The van der Waals surface area contributed by atoms with E-state index in [-0.39, 0.29) is 5.95 Å². The van der Waals surface area contributed by atoms with Crippen LogP contribution >= 0.6 is 0 Å². The van der Waals surface area contributed by atoms with Gasteiger partial charge in [-0.1, -0.05) is 0 Å². The largest absolute Gasteiger partial charge is 0.465 e. The van der Waals surface area contributed by atoms with Crippen LogP contribution in [0.15, 0.2) is 6.07 Å². The van der Waals surface area contributed by atoms with Crippen molar-refractivity contribution in [3.63, 3.8) is 0 Å². The van der Waals surface area contributed by atoms with E-state index in [2.05, 4.69) is 15.3 Å². The van der Waals surface area contributed by atoms with Gasteiger partial charge in [-0.25, -0.2) is 14.8 Å². The van der Waals surface area contributed by atoms with E-state index >= 15 is 0 Å². The molecule has 1 fully saturated rings. The summed E-state index contributed by atoms with van der Waals surface area (Å²) in [6, 6.07) is 1.91. The number of aryl methyl sites for hydroxylation is 1. The van der Waals surface area contributed by atoms with Crippen molar-refractivity contribution in [2.75, 3.05) is 5.32 Å². The Kier molecular flexibility index (Phi) is 2.07. The Hall–Kier alpha value is -1.65. The maximum atomic E-state index is 10.4. The molecule has 0 spiro atoms. The summed E-state index contributed by atoms with van der Waals surface area (Å²) in [6.07, 6.45) is 1.16. The van der Waals surface area contributed by atoms with Gasteiger partial charge in [0, 0.05) is 17.3 Å². The molecule has 74 valence electrons. The molecule has 1 amide bonds. The average Bonchev–Trinajstić information content (AvgIpc) is 2.82. The predicted octanol–water partition coefficient (Wildman–Crippen LogP) is 1.75. The molecule has 1 aliphatic carbocycles. The van der Waals surface area contributed by atoms with Gasteiger partial charge in [-0.2, -0.15) is 0 Å². The van der Waals surface area contributed by atoms with E-state index in [1.807, 2.05) is 13.0 Å². The summed E-state index contributed by atoms with van der Waals surface area (Å²) in [5.74, 6) is 0.686. The number of rotatable bonds is 2.